The monoisotopic (exact) mass is 257 g/mol. The highest BCUT2D eigenvalue weighted by Crippen LogP contribution is 2.29. The van der Waals surface area contributed by atoms with E-state index in [1.165, 1.54) is 16.7 Å². The Hall–Kier alpha value is -1.61. The molecule has 1 unspecified atom stereocenters. The van der Waals surface area contributed by atoms with E-state index < -0.39 is 0 Å². The summed E-state index contributed by atoms with van der Waals surface area (Å²) < 4.78 is 1.88. The van der Waals surface area contributed by atoms with Crippen molar-refractivity contribution in [3.63, 3.8) is 0 Å². The van der Waals surface area contributed by atoms with Crippen LogP contribution in [0.4, 0.5) is 0 Å². The van der Waals surface area contributed by atoms with Crippen molar-refractivity contribution in [3.8, 4) is 11.1 Å². The van der Waals surface area contributed by atoms with Gasteiger partial charge in [-0.05, 0) is 37.9 Å². The summed E-state index contributed by atoms with van der Waals surface area (Å²) in [6, 6.07) is 8.95. The van der Waals surface area contributed by atoms with E-state index in [2.05, 4.69) is 61.6 Å². The Morgan fingerprint density at radius 3 is 2.63 bits per heavy atom. The summed E-state index contributed by atoms with van der Waals surface area (Å²) in [5, 5.41) is 8.00. The molecule has 0 amide bonds. The van der Waals surface area contributed by atoms with Gasteiger partial charge in [0.15, 0.2) is 0 Å². The zero-order valence-electron chi connectivity index (χ0n) is 12.3. The van der Waals surface area contributed by atoms with E-state index in [0.717, 1.165) is 18.7 Å². The van der Waals surface area contributed by atoms with Crippen molar-refractivity contribution in [2.75, 3.05) is 6.54 Å². The number of nitrogens with zero attached hydrogens (tertiary/aromatic N) is 2. The number of aryl methyl sites for hydroxylation is 2. The third-order valence-corrected chi connectivity index (χ3v) is 3.43. The fraction of sp³-hybridized carbons (Fsp3) is 0.438. The van der Waals surface area contributed by atoms with Crippen molar-refractivity contribution in [2.45, 2.75) is 33.2 Å². The van der Waals surface area contributed by atoms with Gasteiger partial charge in [0.1, 0.15) is 0 Å². The van der Waals surface area contributed by atoms with Crippen molar-refractivity contribution in [2.24, 2.45) is 7.05 Å². The Morgan fingerprint density at radius 2 is 2.00 bits per heavy atom. The summed E-state index contributed by atoms with van der Waals surface area (Å²) in [4.78, 5) is 0. The normalized spacial score (nSPS) is 12.6. The van der Waals surface area contributed by atoms with Gasteiger partial charge in [0.25, 0.3) is 0 Å². The molecule has 0 fully saturated rings. The average molecular weight is 257 g/mol. The zero-order valence-corrected chi connectivity index (χ0v) is 12.3. The lowest BCUT2D eigenvalue weighted by Gasteiger charge is -2.17. The summed E-state index contributed by atoms with van der Waals surface area (Å²) in [7, 11) is 1.97. The van der Waals surface area contributed by atoms with Gasteiger partial charge >= 0.3 is 0 Å². The summed E-state index contributed by atoms with van der Waals surface area (Å²) in [6.07, 6.45) is 3.25. The maximum atomic E-state index is 4.45. The van der Waals surface area contributed by atoms with Gasteiger partial charge < -0.3 is 5.32 Å². The molecule has 102 valence electrons. The Balaban J connectivity index is 2.38. The van der Waals surface area contributed by atoms with Gasteiger partial charge in [0.2, 0.25) is 0 Å². The van der Waals surface area contributed by atoms with E-state index in [4.69, 9.17) is 0 Å². The van der Waals surface area contributed by atoms with E-state index in [9.17, 15) is 0 Å². The van der Waals surface area contributed by atoms with Crippen LogP contribution in [0.25, 0.3) is 11.1 Å². The zero-order chi connectivity index (χ0) is 13.8. The van der Waals surface area contributed by atoms with Gasteiger partial charge in [-0.25, -0.2) is 0 Å². The second kappa shape index (κ2) is 6.02. The summed E-state index contributed by atoms with van der Waals surface area (Å²) >= 11 is 0. The van der Waals surface area contributed by atoms with Crippen LogP contribution in [0.3, 0.4) is 0 Å². The fourth-order valence-electron chi connectivity index (χ4n) is 2.45. The molecular weight excluding hydrogens is 234 g/mol. The van der Waals surface area contributed by atoms with Crippen LogP contribution < -0.4 is 5.32 Å². The first-order valence-electron chi connectivity index (χ1n) is 6.96. The SMILES string of the molecule is CCCNC(C)c1ccccc1-c1cn(C)nc1C. The molecule has 0 saturated heterocycles. The summed E-state index contributed by atoms with van der Waals surface area (Å²) in [5.41, 5.74) is 4.93. The van der Waals surface area contributed by atoms with Crippen molar-refractivity contribution in [3.05, 3.63) is 41.7 Å². The molecule has 3 heteroatoms. The highest BCUT2D eigenvalue weighted by molar-refractivity contribution is 5.69. The van der Waals surface area contributed by atoms with Crippen LogP contribution in [0.1, 0.15) is 37.6 Å². The predicted octanol–water partition coefficient (Wildman–Crippen LogP) is 3.46. The molecule has 0 aliphatic carbocycles. The minimum atomic E-state index is 0.357. The van der Waals surface area contributed by atoms with Gasteiger partial charge in [-0.3, -0.25) is 4.68 Å². The van der Waals surface area contributed by atoms with E-state index in [-0.39, 0.29) is 0 Å². The molecule has 1 atom stereocenters. The molecule has 2 rings (SSSR count). The van der Waals surface area contributed by atoms with Crippen LogP contribution >= 0.6 is 0 Å². The Morgan fingerprint density at radius 1 is 1.26 bits per heavy atom. The molecule has 1 N–H and O–H groups in total. The van der Waals surface area contributed by atoms with Crippen molar-refractivity contribution >= 4 is 0 Å². The smallest absolute Gasteiger partial charge is 0.0672 e. The molecule has 0 radical (unpaired) electrons. The third-order valence-electron chi connectivity index (χ3n) is 3.43. The molecule has 3 nitrogen and oxygen atoms in total. The predicted molar refractivity (Wildman–Crippen MR) is 80.1 cm³/mol. The van der Waals surface area contributed by atoms with Gasteiger partial charge in [0, 0.05) is 24.8 Å². The van der Waals surface area contributed by atoms with Crippen molar-refractivity contribution in [1.82, 2.24) is 15.1 Å². The average Bonchev–Trinajstić information content (AvgIpc) is 2.75. The molecule has 0 spiro atoms. The highest BCUT2D eigenvalue weighted by Gasteiger charge is 2.14. The Kier molecular flexibility index (Phi) is 4.38. The first kappa shape index (κ1) is 13.8. The van der Waals surface area contributed by atoms with Crippen molar-refractivity contribution in [1.29, 1.82) is 0 Å². The van der Waals surface area contributed by atoms with Crippen LogP contribution in [0.15, 0.2) is 30.5 Å². The number of benzene rings is 1. The third kappa shape index (κ3) is 3.04. The first-order chi connectivity index (χ1) is 9.13. The molecule has 1 aromatic carbocycles. The van der Waals surface area contributed by atoms with Crippen molar-refractivity contribution < 1.29 is 0 Å². The lowest BCUT2D eigenvalue weighted by molar-refractivity contribution is 0.571. The molecule has 19 heavy (non-hydrogen) atoms. The summed E-state index contributed by atoms with van der Waals surface area (Å²) in [6.45, 7) is 7.52. The van der Waals surface area contributed by atoms with Gasteiger partial charge in [-0.15, -0.1) is 0 Å². The maximum Gasteiger partial charge on any atom is 0.0672 e. The van der Waals surface area contributed by atoms with E-state index in [1.807, 2.05) is 11.7 Å². The lowest BCUT2D eigenvalue weighted by Crippen LogP contribution is -2.19. The maximum absolute atomic E-state index is 4.45. The van der Waals surface area contributed by atoms with Crippen LogP contribution in [0.5, 0.6) is 0 Å². The molecule has 0 bridgehead atoms. The minimum Gasteiger partial charge on any atom is -0.310 e. The lowest BCUT2D eigenvalue weighted by atomic mass is 9.96. The molecule has 1 heterocycles. The number of rotatable bonds is 5. The second-order valence-electron chi connectivity index (χ2n) is 5.06. The van der Waals surface area contributed by atoms with E-state index >= 15 is 0 Å². The molecule has 0 aliphatic heterocycles. The molecular formula is C16H23N3. The number of nitrogens with one attached hydrogen (secondary N) is 1. The summed E-state index contributed by atoms with van der Waals surface area (Å²) in [5.74, 6) is 0. The van der Waals surface area contributed by atoms with E-state index in [1.54, 1.807) is 0 Å². The molecule has 0 saturated carbocycles. The topological polar surface area (TPSA) is 29.9 Å². The van der Waals surface area contributed by atoms with Crippen LogP contribution in [0, 0.1) is 6.92 Å². The van der Waals surface area contributed by atoms with E-state index in [0.29, 0.717) is 6.04 Å². The molecule has 0 aliphatic rings. The largest absolute Gasteiger partial charge is 0.310 e. The quantitative estimate of drug-likeness (QED) is 0.889. The second-order valence-corrected chi connectivity index (χ2v) is 5.06. The van der Waals surface area contributed by atoms with Crippen LogP contribution in [0.2, 0.25) is 0 Å². The molecule has 2 aromatic rings. The first-order valence-corrected chi connectivity index (χ1v) is 6.96. The van der Waals surface area contributed by atoms with Crippen LogP contribution in [-0.4, -0.2) is 16.3 Å². The van der Waals surface area contributed by atoms with Gasteiger partial charge in [-0.2, -0.15) is 5.10 Å². The number of aromatic nitrogens is 2. The number of hydrogen-bond acceptors (Lipinski definition) is 2. The highest BCUT2D eigenvalue weighted by atomic mass is 15.2. The Bertz CT molecular complexity index is 543. The fourth-order valence-corrected chi connectivity index (χ4v) is 2.45. The number of hydrogen-bond donors (Lipinski definition) is 1. The Labute approximate surface area is 115 Å². The standard InChI is InChI=1S/C16H23N3/c1-5-10-17-12(2)14-8-6-7-9-15(14)16-11-19(4)18-13(16)3/h6-9,11-12,17H,5,10H2,1-4H3. The molecule has 1 aromatic heterocycles. The van der Waals surface area contributed by atoms with Gasteiger partial charge in [-0.1, -0.05) is 31.2 Å². The minimum absolute atomic E-state index is 0.357. The van der Waals surface area contributed by atoms with Crippen LogP contribution in [-0.2, 0) is 7.05 Å². The van der Waals surface area contributed by atoms with Gasteiger partial charge in [0.05, 0.1) is 5.69 Å².